The van der Waals surface area contributed by atoms with E-state index in [4.69, 9.17) is 21.9 Å². The van der Waals surface area contributed by atoms with Crippen LogP contribution in [0.25, 0.3) is 10.4 Å². The molecule has 1 N–H and O–H groups in total. The topological polar surface area (TPSA) is 95.3 Å². The lowest BCUT2D eigenvalue weighted by molar-refractivity contribution is -0.159. The van der Waals surface area contributed by atoms with Gasteiger partial charge >= 0.3 is 5.97 Å². The standard InChI is InChI=1S/C13H16ClN3O3/c1-13(2,3)20-12(19)10(16-17-15)11(18)8-4-6-9(14)7-5-8/h4-7,10-11,18H,1-3H3. The van der Waals surface area contributed by atoms with Gasteiger partial charge in [0.1, 0.15) is 5.60 Å². The van der Waals surface area contributed by atoms with E-state index in [2.05, 4.69) is 10.0 Å². The average molecular weight is 298 g/mol. The number of carbonyl (C=O) groups excluding carboxylic acids is 1. The van der Waals surface area contributed by atoms with Crippen LogP contribution < -0.4 is 0 Å². The second-order valence-corrected chi connectivity index (χ2v) is 5.62. The molecule has 0 radical (unpaired) electrons. The van der Waals surface area contributed by atoms with Crippen LogP contribution in [0.3, 0.4) is 0 Å². The van der Waals surface area contributed by atoms with Crippen molar-refractivity contribution in [1.29, 1.82) is 0 Å². The summed E-state index contributed by atoms with van der Waals surface area (Å²) in [5.41, 5.74) is 8.22. The number of carbonyl (C=O) groups is 1. The fourth-order valence-electron chi connectivity index (χ4n) is 1.50. The third-order valence-electron chi connectivity index (χ3n) is 2.33. The van der Waals surface area contributed by atoms with E-state index >= 15 is 0 Å². The molecule has 0 aliphatic heterocycles. The van der Waals surface area contributed by atoms with Crippen LogP contribution in [0.5, 0.6) is 0 Å². The number of halogens is 1. The number of aliphatic hydroxyl groups is 1. The molecule has 0 aromatic heterocycles. The van der Waals surface area contributed by atoms with Crippen molar-refractivity contribution in [2.24, 2.45) is 5.11 Å². The Labute approximate surface area is 121 Å². The van der Waals surface area contributed by atoms with Crippen molar-refractivity contribution in [3.05, 3.63) is 45.3 Å². The zero-order valence-corrected chi connectivity index (χ0v) is 12.2. The Bertz CT molecular complexity index is 519. The van der Waals surface area contributed by atoms with Gasteiger partial charge in [-0.3, -0.25) is 4.79 Å². The van der Waals surface area contributed by atoms with Crippen molar-refractivity contribution in [3.8, 4) is 0 Å². The van der Waals surface area contributed by atoms with Gasteiger partial charge in [0.05, 0.1) is 6.10 Å². The average Bonchev–Trinajstić information content (AvgIpc) is 2.34. The number of aliphatic hydroxyl groups excluding tert-OH is 1. The molecule has 20 heavy (non-hydrogen) atoms. The van der Waals surface area contributed by atoms with Crippen LogP contribution in [0.2, 0.25) is 5.02 Å². The van der Waals surface area contributed by atoms with Crippen LogP contribution in [-0.4, -0.2) is 22.7 Å². The molecular weight excluding hydrogens is 282 g/mol. The highest BCUT2D eigenvalue weighted by Crippen LogP contribution is 2.23. The maximum Gasteiger partial charge on any atom is 0.318 e. The van der Waals surface area contributed by atoms with Crippen LogP contribution in [0, 0.1) is 0 Å². The molecule has 2 atom stereocenters. The van der Waals surface area contributed by atoms with Crippen molar-refractivity contribution in [2.45, 2.75) is 38.5 Å². The molecule has 6 nitrogen and oxygen atoms in total. The first-order valence-electron chi connectivity index (χ1n) is 5.95. The predicted molar refractivity (Wildman–Crippen MR) is 75.2 cm³/mol. The quantitative estimate of drug-likeness (QED) is 0.399. The molecule has 2 unspecified atom stereocenters. The summed E-state index contributed by atoms with van der Waals surface area (Å²) in [4.78, 5) is 14.5. The van der Waals surface area contributed by atoms with Crippen LogP contribution >= 0.6 is 11.6 Å². The minimum absolute atomic E-state index is 0.414. The predicted octanol–water partition coefficient (Wildman–Crippen LogP) is 3.39. The third-order valence-corrected chi connectivity index (χ3v) is 2.59. The molecule has 7 heteroatoms. The van der Waals surface area contributed by atoms with Gasteiger partial charge in [-0.25, -0.2) is 0 Å². The van der Waals surface area contributed by atoms with E-state index in [1.165, 1.54) is 0 Å². The summed E-state index contributed by atoms with van der Waals surface area (Å²) in [6.07, 6.45) is -1.29. The lowest BCUT2D eigenvalue weighted by Gasteiger charge is -2.24. The molecule has 1 aromatic carbocycles. The minimum atomic E-state index is -1.35. The third kappa shape index (κ3) is 4.74. The molecule has 0 amide bonds. The molecule has 0 spiro atoms. The van der Waals surface area contributed by atoms with E-state index in [-0.39, 0.29) is 0 Å². The van der Waals surface area contributed by atoms with Crippen LogP contribution in [0.15, 0.2) is 29.4 Å². The molecule has 0 aliphatic carbocycles. The molecule has 1 rings (SSSR count). The van der Waals surface area contributed by atoms with Crippen molar-refractivity contribution in [1.82, 2.24) is 0 Å². The first-order valence-corrected chi connectivity index (χ1v) is 6.33. The van der Waals surface area contributed by atoms with Gasteiger partial charge in [-0.2, -0.15) is 0 Å². The zero-order valence-electron chi connectivity index (χ0n) is 11.4. The van der Waals surface area contributed by atoms with E-state index in [9.17, 15) is 9.90 Å². The monoisotopic (exact) mass is 297 g/mol. The smallest absolute Gasteiger partial charge is 0.318 e. The number of rotatable bonds is 4. The summed E-state index contributed by atoms with van der Waals surface area (Å²) >= 11 is 5.75. The summed E-state index contributed by atoms with van der Waals surface area (Å²) in [5, 5.41) is 14.0. The lowest BCUT2D eigenvalue weighted by Crippen LogP contribution is -2.34. The highest BCUT2D eigenvalue weighted by molar-refractivity contribution is 6.30. The molecule has 1 aromatic rings. The largest absolute Gasteiger partial charge is 0.460 e. The van der Waals surface area contributed by atoms with Crippen LogP contribution in [0.1, 0.15) is 32.4 Å². The molecule has 0 bridgehead atoms. The maximum atomic E-state index is 12.0. The minimum Gasteiger partial charge on any atom is -0.460 e. The molecule has 0 heterocycles. The van der Waals surface area contributed by atoms with E-state index in [0.29, 0.717) is 10.6 Å². The Balaban J connectivity index is 2.98. The maximum absolute atomic E-state index is 12.0. The second-order valence-electron chi connectivity index (χ2n) is 5.18. The number of hydrogen-bond donors (Lipinski definition) is 1. The molecule has 0 saturated heterocycles. The van der Waals surface area contributed by atoms with E-state index in [1.807, 2.05) is 0 Å². The van der Waals surface area contributed by atoms with Gasteiger partial charge in [0, 0.05) is 9.93 Å². The molecule has 0 fully saturated rings. The van der Waals surface area contributed by atoms with E-state index < -0.39 is 23.7 Å². The normalized spacial score (nSPS) is 14.1. The van der Waals surface area contributed by atoms with Crippen molar-refractivity contribution in [3.63, 3.8) is 0 Å². The molecular formula is C13H16ClN3O3. The molecule has 0 aliphatic rings. The Hall–Kier alpha value is -1.75. The Morgan fingerprint density at radius 2 is 1.95 bits per heavy atom. The van der Waals surface area contributed by atoms with Crippen molar-refractivity contribution >= 4 is 17.6 Å². The van der Waals surface area contributed by atoms with Crippen LogP contribution in [-0.2, 0) is 9.53 Å². The lowest BCUT2D eigenvalue weighted by atomic mass is 10.0. The first-order chi connectivity index (χ1) is 9.24. The van der Waals surface area contributed by atoms with Gasteiger partial charge in [-0.1, -0.05) is 28.8 Å². The number of nitrogens with zero attached hydrogens (tertiary/aromatic N) is 3. The van der Waals surface area contributed by atoms with Gasteiger partial charge in [-0.05, 0) is 44.0 Å². The Morgan fingerprint density at radius 1 is 1.40 bits per heavy atom. The van der Waals surface area contributed by atoms with Gasteiger partial charge < -0.3 is 9.84 Å². The Kier molecular flexibility index (Phi) is 5.39. The van der Waals surface area contributed by atoms with E-state index in [0.717, 1.165) is 0 Å². The van der Waals surface area contributed by atoms with Gasteiger partial charge in [-0.15, -0.1) is 0 Å². The van der Waals surface area contributed by atoms with Gasteiger partial charge in [0.25, 0.3) is 0 Å². The van der Waals surface area contributed by atoms with Crippen molar-refractivity contribution < 1.29 is 14.6 Å². The highest BCUT2D eigenvalue weighted by atomic mass is 35.5. The summed E-state index contributed by atoms with van der Waals surface area (Å²) in [7, 11) is 0. The summed E-state index contributed by atoms with van der Waals surface area (Å²) in [6.45, 7) is 5.06. The summed E-state index contributed by atoms with van der Waals surface area (Å²) in [6, 6.07) is 4.90. The Morgan fingerprint density at radius 3 is 2.40 bits per heavy atom. The number of hydrogen-bond acceptors (Lipinski definition) is 4. The SMILES string of the molecule is CC(C)(C)OC(=O)C(N=[N+]=[N-])C(O)c1ccc(Cl)cc1. The number of esters is 1. The first kappa shape index (κ1) is 16.3. The summed E-state index contributed by atoms with van der Waals surface area (Å²) in [5.74, 6) is -0.780. The van der Waals surface area contributed by atoms with E-state index in [1.54, 1.807) is 45.0 Å². The van der Waals surface area contributed by atoms with Crippen molar-refractivity contribution in [2.75, 3.05) is 0 Å². The van der Waals surface area contributed by atoms with Gasteiger partial charge in [0.2, 0.25) is 0 Å². The fourth-order valence-corrected chi connectivity index (χ4v) is 1.63. The number of benzene rings is 1. The van der Waals surface area contributed by atoms with Crippen LogP contribution in [0.4, 0.5) is 0 Å². The summed E-state index contributed by atoms with van der Waals surface area (Å²) < 4.78 is 5.13. The number of ether oxygens (including phenoxy) is 1. The highest BCUT2D eigenvalue weighted by Gasteiger charge is 2.31. The molecule has 108 valence electrons. The second kappa shape index (κ2) is 6.61. The fraction of sp³-hybridized carbons (Fsp3) is 0.462. The number of azide groups is 1. The van der Waals surface area contributed by atoms with Gasteiger partial charge in [0.15, 0.2) is 6.04 Å². The zero-order chi connectivity index (χ0) is 15.3. The molecule has 0 saturated carbocycles.